The van der Waals surface area contributed by atoms with E-state index in [0.717, 1.165) is 13.8 Å². The van der Waals surface area contributed by atoms with E-state index >= 15 is 0 Å². The molecule has 204 valence electrons. The van der Waals surface area contributed by atoms with Gasteiger partial charge in [0.25, 0.3) is 0 Å². The molecule has 16 heteroatoms. The Hall–Kier alpha value is -1.90. The summed E-state index contributed by atoms with van der Waals surface area (Å²) in [7, 11) is -4.53. The molecule has 0 saturated carbocycles. The molecule has 0 aliphatic carbocycles. The summed E-state index contributed by atoms with van der Waals surface area (Å²) >= 11 is 1.54. The number of carbonyl (C=O) groups is 4. The second kappa shape index (κ2) is 19.3. The lowest BCUT2D eigenvalue weighted by Crippen LogP contribution is -2.30. The molecule has 0 bridgehead atoms. The van der Waals surface area contributed by atoms with Gasteiger partial charge in [-0.3, -0.25) is 23.4 Å². The van der Waals surface area contributed by atoms with E-state index in [0.29, 0.717) is 17.5 Å². The van der Waals surface area contributed by atoms with Gasteiger partial charge in [0.05, 0.1) is 32.2 Å². The minimum Gasteiger partial charge on any atom is -0.462 e. The molecule has 2 amide bonds. The van der Waals surface area contributed by atoms with Crippen LogP contribution in [0.25, 0.3) is 0 Å². The summed E-state index contributed by atoms with van der Waals surface area (Å²) < 4.78 is 40.9. The van der Waals surface area contributed by atoms with Crippen molar-refractivity contribution in [3.8, 4) is 0 Å². The lowest BCUT2D eigenvalue weighted by atomic mass is 10.4. The molecule has 0 fully saturated rings. The molecule has 2 atom stereocenters. The summed E-state index contributed by atoms with van der Waals surface area (Å²) in [6, 6.07) is 0. The molecule has 14 nitrogen and oxygen atoms in total. The van der Waals surface area contributed by atoms with Gasteiger partial charge in [-0.2, -0.15) is 0 Å². The van der Waals surface area contributed by atoms with E-state index in [9.17, 15) is 28.6 Å². The van der Waals surface area contributed by atoms with E-state index in [1.54, 1.807) is 0 Å². The van der Waals surface area contributed by atoms with E-state index in [1.165, 1.54) is 11.8 Å². The van der Waals surface area contributed by atoms with Gasteiger partial charge < -0.3 is 34.5 Å². The molecule has 0 aromatic rings. The zero-order valence-corrected chi connectivity index (χ0v) is 22.0. The van der Waals surface area contributed by atoms with Crippen LogP contribution in [0.5, 0.6) is 0 Å². The number of phosphoric ester groups is 1. The number of rotatable bonds is 19. The average Bonchev–Trinajstić information content (AvgIpc) is 2.76. The summed E-state index contributed by atoms with van der Waals surface area (Å²) in [5, 5.41) is 5.38. The van der Waals surface area contributed by atoms with E-state index in [1.807, 2.05) is 13.8 Å². The number of phosphoric acid groups is 1. The number of alkyl carbamates (subject to hydrolysis) is 1. The lowest BCUT2D eigenvalue weighted by Gasteiger charge is -2.18. The van der Waals surface area contributed by atoms with Crippen molar-refractivity contribution in [2.45, 2.75) is 39.0 Å². The number of esters is 2. The first-order chi connectivity index (χ1) is 16.4. The number of hydrogen-bond donors (Lipinski definition) is 3. The van der Waals surface area contributed by atoms with E-state index < -0.39 is 38.6 Å². The standard InChI is InChI=1S/C19H35N2O12PS/c1-14(2)35-13-18(24)20-5-7-28-9-10-29-19(25)21-6-8-31-34(26,27)32-12-17(33-16(4)23)11-30-15(3)22/h14,17H,5-13H2,1-4H3,(H,20,24)(H,21,25)(H,26,27)/t17-/m1/s1. The molecule has 1 unspecified atom stereocenters. The predicted molar refractivity (Wildman–Crippen MR) is 125 cm³/mol. The minimum atomic E-state index is -4.53. The van der Waals surface area contributed by atoms with Gasteiger partial charge >= 0.3 is 25.9 Å². The smallest absolute Gasteiger partial charge is 0.462 e. The Morgan fingerprint density at radius 2 is 1.57 bits per heavy atom. The van der Waals surface area contributed by atoms with Crippen molar-refractivity contribution in [1.29, 1.82) is 0 Å². The molecule has 0 aromatic heterocycles. The second-order valence-corrected chi connectivity index (χ2v) is 10.0. The quantitative estimate of drug-likeness (QED) is 0.0887. The number of amides is 2. The van der Waals surface area contributed by atoms with Crippen molar-refractivity contribution in [1.82, 2.24) is 10.6 Å². The zero-order chi connectivity index (χ0) is 26.7. The van der Waals surface area contributed by atoms with Crippen LogP contribution in [0.1, 0.15) is 27.7 Å². The topological polar surface area (TPSA) is 185 Å². The highest BCUT2D eigenvalue weighted by Gasteiger charge is 2.25. The minimum absolute atomic E-state index is 0.0364. The molecule has 0 saturated heterocycles. The third-order valence-corrected chi connectivity index (χ3v) is 5.51. The van der Waals surface area contributed by atoms with E-state index in [2.05, 4.69) is 15.4 Å². The van der Waals surface area contributed by atoms with Gasteiger partial charge in [-0.05, 0) is 5.25 Å². The molecule has 3 N–H and O–H groups in total. The first kappa shape index (κ1) is 33.1. The second-order valence-electron chi connectivity index (χ2n) is 7.02. The molecule has 0 aliphatic rings. The summed E-state index contributed by atoms with van der Waals surface area (Å²) in [5.74, 6) is -1.02. The van der Waals surface area contributed by atoms with Crippen LogP contribution in [-0.2, 0) is 46.9 Å². The van der Waals surface area contributed by atoms with Gasteiger partial charge in [0.15, 0.2) is 6.10 Å². The molecule has 0 aliphatic heterocycles. The van der Waals surface area contributed by atoms with Crippen LogP contribution in [0.15, 0.2) is 0 Å². The van der Waals surface area contributed by atoms with Crippen molar-refractivity contribution >= 4 is 43.5 Å². The highest BCUT2D eigenvalue weighted by molar-refractivity contribution is 8.00. The first-order valence-electron chi connectivity index (χ1n) is 10.7. The van der Waals surface area contributed by atoms with Gasteiger partial charge in [0.2, 0.25) is 5.91 Å². The first-order valence-corrected chi connectivity index (χ1v) is 13.2. The van der Waals surface area contributed by atoms with Gasteiger partial charge in [-0.25, -0.2) is 9.36 Å². The van der Waals surface area contributed by atoms with E-state index in [4.69, 9.17) is 23.3 Å². The lowest BCUT2D eigenvalue weighted by molar-refractivity contribution is -0.158. The third-order valence-electron chi connectivity index (χ3n) is 3.43. The monoisotopic (exact) mass is 546 g/mol. The van der Waals surface area contributed by atoms with Crippen LogP contribution in [0.2, 0.25) is 0 Å². The molecule has 35 heavy (non-hydrogen) atoms. The fourth-order valence-electron chi connectivity index (χ4n) is 1.99. The Bertz CT molecular complexity index is 709. The maximum atomic E-state index is 11.9. The molecule has 0 radical (unpaired) electrons. The van der Waals surface area contributed by atoms with Crippen LogP contribution in [0, 0.1) is 0 Å². The Morgan fingerprint density at radius 1 is 0.886 bits per heavy atom. The number of nitrogens with one attached hydrogen (secondary N) is 2. The van der Waals surface area contributed by atoms with Gasteiger partial charge in [0, 0.05) is 26.9 Å². The Balaban J connectivity index is 3.88. The molecule has 0 heterocycles. The SMILES string of the molecule is CC(=O)OC[C@H](COP(=O)(O)OCCNC(=O)OCCOCCNC(=O)CSC(C)C)OC(C)=O. The molecule has 0 rings (SSSR count). The Morgan fingerprint density at radius 3 is 2.20 bits per heavy atom. The Labute approximate surface area is 208 Å². The van der Waals surface area contributed by atoms with Crippen LogP contribution in [0.4, 0.5) is 4.79 Å². The third kappa shape index (κ3) is 22.3. The number of thioether (sulfide) groups is 1. The average molecular weight is 547 g/mol. The maximum Gasteiger partial charge on any atom is 0.472 e. The van der Waals surface area contributed by atoms with Crippen LogP contribution in [-0.4, -0.2) is 98.7 Å². The van der Waals surface area contributed by atoms with Crippen LogP contribution < -0.4 is 10.6 Å². The van der Waals surface area contributed by atoms with E-state index in [-0.39, 0.29) is 45.5 Å². The highest BCUT2D eigenvalue weighted by atomic mass is 32.2. The molecular formula is C19H35N2O12PS. The number of hydrogen-bond acceptors (Lipinski definition) is 12. The molecule has 0 aromatic carbocycles. The zero-order valence-electron chi connectivity index (χ0n) is 20.3. The fraction of sp³-hybridized carbons (Fsp3) is 0.789. The van der Waals surface area contributed by atoms with Crippen molar-refractivity contribution < 1.29 is 56.6 Å². The van der Waals surface area contributed by atoms with Crippen molar-refractivity contribution in [3.63, 3.8) is 0 Å². The molecular weight excluding hydrogens is 511 g/mol. The predicted octanol–water partition coefficient (Wildman–Crippen LogP) is 0.615. The maximum absolute atomic E-state index is 11.9. The van der Waals surface area contributed by atoms with Gasteiger partial charge in [-0.15, -0.1) is 11.8 Å². The number of carbonyl (C=O) groups excluding carboxylic acids is 4. The fourth-order valence-corrected chi connectivity index (χ4v) is 3.33. The summed E-state index contributed by atoms with van der Waals surface area (Å²) in [5.41, 5.74) is 0. The Kier molecular flexibility index (Phi) is 18.3. The molecule has 0 spiro atoms. The summed E-state index contributed by atoms with van der Waals surface area (Å²) in [6.07, 6.45) is -1.89. The summed E-state index contributed by atoms with van der Waals surface area (Å²) in [6.45, 7) is 5.51. The normalized spacial score (nSPS) is 13.4. The largest absolute Gasteiger partial charge is 0.472 e. The number of ether oxygens (including phenoxy) is 4. The van der Waals surface area contributed by atoms with Crippen molar-refractivity contribution in [2.75, 3.05) is 58.5 Å². The summed E-state index contributed by atoms with van der Waals surface area (Å²) in [4.78, 5) is 54.6. The van der Waals surface area contributed by atoms with Gasteiger partial charge in [0.1, 0.15) is 13.2 Å². The van der Waals surface area contributed by atoms with Gasteiger partial charge in [-0.1, -0.05) is 13.8 Å². The highest BCUT2D eigenvalue weighted by Crippen LogP contribution is 2.43. The van der Waals surface area contributed by atoms with Crippen LogP contribution in [0.3, 0.4) is 0 Å². The van der Waals surface area contributed by atoms with Crippen molar-refractivity contribution in [2.24, 2.45) is 0 Å². The van der Waals surface area contributed by atoms with Crippen molar-refractivity contribution in [3.05, 3.63) is 0 Å². The van der Waals surface area contributed by atoms with Crippen LogP contribution >= 0.6 is 19.6 Å².